The van der Waals surface area contributed by atoms with Crippen molar-refractivity contribution in [2.24, 2.45) is 0 Å². The van der Waals surface area contributed by atoms with Gasteiger partial charge in [-0.2, -0.15) is 0 Å². The summed E-state index contributed by atoms with van der Waals surface area (Å²) in [4.78, 5) is 12.0. The molecule has 0 unspecified atom stereocenters. The van der Waals surface area contributed by atoms with Crippen LogP contribution in [0, 0.1) is 6.92 Å². The van der Waals surface area contributed by atoms with E-state index in [9.17, 15) is 13.2 Å². The number of hydrogen-bond donors (Lipinski definition) is 2. The van der Waals surface area contributed by atoms with E-state index in [0.717, 1.165) is 0 Å². The number of carbonyl (C=O) groups excluding carboxylic acids is 1. The fraction of sp³-hybridized carbons (Fsp3) is 0.500. The van der Waals surface area contributed by atoms with Gasteiger partial charge in [0.25, 0.3) is 0 Å². The number of amides is 1. The number of anilines is 1. The van der Waals surface area contributed by atoms with Crippen molar-refractivity contribution < 1.29 is 13.2 Å². The Labute approximate surface area is 120 Å². The Morgan fingerprint density at radius 1 is 1.25 bits per heavy atom. The zero-order chi connectivity index (χ0) is 15.6. The summed E-state index contributed by atoms with van der Waals surface area (Å²) < 4.78 is 23.2. The summed E-state index contributed by atoms with van der Waals surface area (Å²) in [5.41, 5.74) is 0.984. The SMILES string of the molecule is Cc1c(NCC(=O)NC(C)(C)C)cccc1S(C)(=O)=O. The summed E-state index contributed by atoms with van der Waals surface area (Å²) in [6.07, 6.45) is 1.17. The Morgan fingerprint density at radius 2 is 1.85 bits per heavy atom. The number of rotatable bonds is 4. The summed E-state index contributed by atoms with van der Waals surface area (Å²) >= 11 is 0. The molecule has 0 aliphatic carbocycles. The van der Waals surface area contributed by atoms with Gasteiger partial charge in [0, 0.05) is 17.5 Å². The molecule has 5 nitrogen and oxygen atoms in total. The number of benzene rings is 1. The first-order valence-corrected chi connectivity index (χ1v) is 8.24. The van der Waals surface area contributed by atoms with Crippen LogP contribution in [0.25, 0.3) is 0 Å². The molecule has 1 amide bonds. The Morgan fingerprint density at radius 3 is 2.35 bits per heavy atom. The Hall–Kier alpha value is -1.56. The van der Waals surface area contributed by atoms with Crippen molar-refractivity contribution in [1.82, 2.24) is 5.32 Å². The van der Waals surface area contributed by atoms with E-state index in [1.54, 1.807) is 25.1 Å². The molecule has 0 radical (unpaired) electrons. The maximum Gasteiger partial charge on any atom is 0.239 e. The second-order valence-electron chi connectivity index (χ2n) is 5.85. The van der Waals surface area contributed by atoms with Crippen LogP contribution in [0.4, 0.5) is 5.69 Å². The number of nitrogens with one attached hydrogen (secondary N) is 2. The van der Waals surface area contributed by atoms with Crippen LogP contribution in [0.1, 0.15) is 26.3 Å². The van der Waals surface area contributed by atoms with Crippen molar-refractivity contribution in [2.45, 2.75) is 38.1 Å². The molecule has 0 spiro atoms. The normalized spacial score (nSPS) is 12.1. The van der Waals surface area contributed by atoms with Crippen molar-refractivity contribution in [3.8, 4) is 0 Å². The zero-order valence-corrected chi connectivity index (χ0v) is 13.4. The van der Waals surface area contributed by atoms with E-state index in [-0.39, 0.29) is 22.9 Å². The van der Waals surface area contributed by atoms with Gasteiger partial charge in [-0.15, -0.1) is 0 Å². The largest absolute Gasteiger partial charge is 0.376 e. The highest BCUT2D eigenvalue weighted by Crippen LogP contribution is 2.22. The second-order valence-corrected chi connectivity index (χ2v) is 7.84. The molecule has 0 bridgehead atoms. The highest BCUT2D eigenvalue weighted by molar-refractivity contribution is 7.90. The molecule has 0 aliphatic rings. The first kappa shape index (κ1) is 16.5. The molecule has 1 rings (SSSR count). The van der Waals surface area contributed by atoms with Crippen LogP contribution in [0.5, 0.6) is 0 Å². The molecule has 0 aromatic heterocycles. The molecule has 112 valence electrons. The molecule has 20 heavy (non-hydrogen) atoms. The van der Waals surface area contributed by atoms with Crippen molar-refractivity contribution in [3.63, 3.8) is 0 Å². The fourth-order valence-electron chi connectivity index (χ4n) is 1.85. The van der Waals surface area contributed by atoms with Gasteiger partial charge in [-0.25, -0.2) is 8.42 Å². The van der Waals surface area contributed by atoms with Crippen LogP contribution >= 0.6 is 0 Å². The summed E-state index contributed by atoms with van der Waals surface area (Å²) in [5.74, 6) is -0.137. The van der Waals surface area contributed by atoms with Gasteiger partial charge in [0.1, 0.15) is 0 Å². The molecule has 0 fully saturated rings. The van der Waals surface area contributed by atoms with Crippen LogP contribution in [-0.2, 0) is 14.6 Å². The Kier molecular flexibility index (Phi) is 4.81. The lowest BCUT2D eigenvalue weighted by atomic mass is 10.1. The Balaban J connectivity index is 2.83. The van der Waals surface area contributed by atoms with Gasteiger partial charge in [-0.1, -0.05) is 6.07 Å². The van der Waals surface area contributed by atoms with E-state index < -0.39 is 9.84 Å². The van der Waals surface area contributed by atoms with Gasteiger partial charge >= 0.3 is 0 Å². The third kappa shape index (κ3) is 4.85. The second kappa shape index (κ2) is 5.83. The van der Waals surface area contributed by atoms with Crippen molar-refractivity contribution in [3.05, 3.63) is 23.8 Å². The highest BCUT2D eigenvalue weighted by atomic mass is 32.2. The minimum atomic E-state index is -3.26. The van der Waals surface area contributed by atoms with E-state index in [1.807, 2.05) is 20.8 Å². The predicted octanol–water partition coefficient (Wildman–Crippen LogP) is 1.73. The van der Waals surface area contributed by atoms with Crippen LogP contribution in [-0.4, -0.2) is 32.7 Å². The summed E-state index contributed by atoms with van der Waals surface area (Å²) in [7, 11) is -3.26. The van der Waals surface area contributed by atoms with E-state index >= 15 is 0 Å². The summed E-state index contributed by atoms with van der Waals surface area (Å²) in [5, 5.41) is 5.81. The maximum absolute atomic E-state index is 11.7. The molecular formula is C14H22N2O3S. The summed E-state index contributed by atoms with van der Waals surface area (Å²) in [6.45, 7) is 7.53. The van der Waals surface area contributed by atoms with Crippen LogP contribution < -0.4 is 10.6 Å². The van der Waals surface area contributed by atoms with E-state index in [1.165, 1.54) is 6.26 Å². The van der Waals surface area contributed by atoms with E-state index in [0.29, 0.717) is 11.3 Å². The van der Waals surface area contributed by atoms with Gasteiger partial charge in [0.05, 0.1) is 11.4 Å². The minimum absolute atomic E-state index is 0.103. The van der Waals surface area contributed by atoms with Gasteiger partial charge in [0.2, 0.25) is 5.91 Å². The predicted molar refractivity (Wildman–Crippen MR) is 80.7 cm³/mol. The topological polar surface area (TPSA) is 75.3 Å². The molecule has 1 aromatic carbocycles. The van der Waals surface area contributed by atoms with E-state index in [4.69, 9.17) is 0 Å². The molecular weight excluding hydrogens is 276 g/mol. The average Bonchev–Trinajstić information content (AvgIpc) is 2.23. The standard InChI is InChI=1S/C14H22N2O3S/c1-10-11(7-6-8-12(10)20(5,18)19)15-9-13(17)16-14(2,3)4/h6-8,15H,9H2,1-5H3,(H,16,17). The lowest BCUT2D eigenvalue weighted by Gasteiger charge is -2.21. The van der Waals surface area contributed by atoms with E-state index in [2.05, 4.69) is 10.6 Å². The molecule has 1 aromatic rings. The van der Waals surface area contributed by atoms with Crippen molar-refractivity contribution >= 4 is 21.4 Å². The molecule has 0 saturated heterocycles. The quantitative estimate of drug-likeness (QED) is 0.887. The van der Waals surface area contributed by atoms with Crippen LogP contribution in [0.2, 0.25) is 0 Å². The van der Waals surface area contributed by atoms with Gasteiger partial charge < -0.3 is 10.6 Å². The molecule has 0 aliphatic heterocycles. The molecule has 0 atom stereocenters. The highest BCUT2D eigenvalue weighted by Gasteiger charge is 2.15. The maximum atomic E-state index is 11.7. The molecule has 0 heterocycles. The fourth-order valence-corrected chi connectivity index (χ4v) is 2.84. The molecule has 6 heteroatoms. The Bertz CT molecular complexity index is 601. The molecule has 2 N–H and O–H groups in total. The van der Waals surface area contributed by atoms with Gasteiger partial charge in [0.15, 0.2) is 9.84 Å². The van der Waals surface area contributed by atoms with Crippen molar-refractivity contribution in [1.29, 1.82) is 0 Å². The summed E-state index contributed by atoms with van der Waals surface area (Å²) in [6, 6.07) is 4.98. The lowest BCUT2D eigenvalue weighted by Crippen LogP contribution is -2.43. The van der Waals surface area contributed by atoms with Gasteiger partial charge in [-0.3, -0.25) is 4.79 Å². The van der Waals surface area contributed by atoms with Crippen LogP contribution in [0.15, 0.2) is 23.1 Å². The number of sulfone groups is 1. The van der Waals surface area contributed by atoms with Crippen molar-refractivity contribution in [2.75, 3.05) is 18.1 Å². The van der Waals surface area contributed by atoms with Crippen LogP contribution in [0.3, 0.4) is 0 Å². The number of hydrogen-bond acceptors (Lipinski definition) is 4. The lowest BCUT2D eigenvalue weighted by molar-refractivity contribution is -0.120. The first-order valence-electron chi connectivity index (χ1n) is 6.35. The average molecular weight is 298 g/mol. The molecule has 0 saturated carbocycles. The monoisotopic (exact) mass is 298 g/mol. The zero-order valence-electron chi connectivity index (χ0n) is 12.6. The smallest absolute Gasteiger partial charge is 0.239 e. The number of carbonyl (C=O) groups is 1. The minimum Gasteiger partial charge on any atom is -0.376 e. The van der Waals surface area contributed by atoms with Gasteiger partial charge in [-0.05, 0) is 45.4 Å². The third-order valence-corrected chi connectivity index (χ3v) is 3.88. The first-order chi connectivity index (χ1) is 9.00. The third-order valence-electron chi connectivity index (χ3n) is 2.64.